The van der Waals surface area contributed by atoms with Crippen LogP contribution in [0.4, 0.5) is 0 Å². The van der Waals surface area contributed by atoms with Crippen molar-refractivity contribution in [3.05, 3.63) is 34.3 Å². The van der Waals surface area contributed by atoms with Gasteiger partial charge in [0.05, 0.1) is 0 Å². The van der Waals surface area contributed by atoms with E-state index in [1.807, 2.05) is 13.0 Å². The van der Waals surface area contributed by atoms with Crippen molar-refractivity contribution in [1.82, 2.24) is 4.90 Å². The molecule has 0 heterocycles. The SMILES string of the molecule is CC(N)CN(C)Cc1ccccc1Br.Cl. The first-order chi connectivity index (χ1) is 6.59. The van der Waals surface area contributed by atoms with Crippen LogP contribution in [-0.4, -0.2) is 24.5 Å². The fourth-order valence-electron chi connectivity index (χ4n) is 1.47. The van der Waals surface area contributed by atoms with E-state index in [0.717, 1.165) is 17.6 Å². The number of likely N-dealkylation sites (N-methyl/N-ethyl adjacent to an activating group) is 1. The first-order valence-corrected chi connectivity index (χ1v) is 5.56. The third kappa shape index (κ3) is 5.52. The van der Waals surface area contributed by atoms with Crippen LogP contribution in [0, 0.1) is 0 Å². The Kier molecular flexibility index (Phi) is 7.18. The molecule has 0 aliphatic rings. The van der Waals surface area contributed by atoms with Crippen molar-refractivity contribution in [2.24, 2.45) is 5.73 Å². The number of hydrogen-bond donors (Lipinski definition) is 1. The smallest absolute Gasteiger partial charge is 0.0242 e. The molecular formula is C11H18BrClN2. The summed E-state index contributed by atoms with van der Waals surface area (Å²) in [4.78, 5) is 2.23. The predicted octanol–water partition coefficient (Wildman–Crippen LogP) is 2.65. The maximum atomic E-state index is 5.73. The van der Waals surface area contributed by atoms with Gasteiger partial charge < -0.3 is 10.6 Å². The summed E-state index contributed by atoms with van der Waals surface area (Å²) in [5, 5.41) is 0. The van der Waals surface area contributed by atoms with Gasteiger partial charge in [-0.3, -0.25) is 0 Å². The molecule has 1 atom stereocenters. The molecular weight excluding hydrogens is 275 g/mol. The van der Waals surface area contributed by atoms with E-state index in [4.69, 9.17) is 5.73 Å². The summed E-state index contributed by atoms with van der Waals surface area (Å²) in [6.07, 6.45) is 0. The maximum absolute atomic E-state index is 5.73. The number of halogens is 2. The second-order valence-electron chi connectivity index (χ2n) is 3.77. The molecule has 4 heteroatoms. The molecule has 2 nitrogen and oxygen atoms in total. The van der Waals surface area contributed by atoms with Crippen LogP contribution in [0.15, 0.2) is 28.7 Å². The van der Waals surface area contributed by atoms with Gasteiger partial charge in [-0.25, -0.2) is 0 Å². The highest BCUT2D eigenvalue weighted by Gasteiger charge is 2.04. The Morgan fingerprint density at radius 3 is 2.53 bits per heavy atom. The molecule has 1 rings (SSSR count). The lowest BCUT2D eigenvalue weighted by molar-refractivity contribution is 0.309. The second kappa shape index (κ2) is 7.23. The maximum Gasteiger partial charge on any atom is 0.0242 e. The lowest BCUT2D eigenvalue weighted by Gasteiger charge is -2.19. The van der Waals surface area contributed by atoms with E-state index in [1.165, 1.54) is 5.56 Å². The fraction of sp³-hybridized carbons (Fsp3) is 0.455. The van der Waals surface area contributed by atoms with E-state index in [1.54, 1.807) is 0 Å². The fourth-order valence-corrected chi connectivity index (χ4v) is 1.88. The summed E-state index contributed by atoms with van der Waals surface area (Å²) < 4.78 is 1.16. The topological polar surface area (TPSA) is 29.3 Å². The normalized spacial score (nSPS) is 12.3. The molecule has 15 heavy (non-hydrogen) atoms. The van der Waals surface area contributed by atoms with Gasteiger partial charge in [0.1, 0.15) is 0 Å². The molecule has 1 unspecified atom stereocenters. The van der Waals surface area contributed by atoms with E-state index >= 15 is 0 Å². The van der Waals surface area contributed by atoms with Crippen molar-refractivity contribution in [2.45, 2.75) is 19.5 Å². The van der Waals surface area contributed by atoms with Gasteiger partial charge in [-0.2, -0.15) is 0 Å². The van der Waals surface area contributed by atoms with Crippen LogP contribution < -0.4 is 5.73 Å². The minimum absolute atomic E-state index is 0. The zero-order valence-corrected chi connectivity index (χ0v) is 11.5. The summed E-state index contributed by atoms with van der Waals surface area (Å²) in [5.41, 5.74) is 7.03. The van der Waals surface area contributed by atoms with Gasteiger partial charge in [0.2, 0.25) is 0 Å². The average Bonchev–Trinajstić information content (AvgIpc) is 2.07. The molecule has 0 aliphatic heterocycles. The van der Waals surface area contributed by atoms with Gasteiger partial charge >= 0.3 is 0 Å². The van der Waals surface area contributed by atoms with Crippen LogP contribution in [-0.2, 0) is 6.54 Å². The highest BCUT2D eigenvalue weighted by Crippen LogP contribution is 2.17. The molecule has 0 spiro atoms. The van der Waals surface area contributed by atoms with Crippen molar-refractivity contribution in [3.8, 4) is 0 Å². The van der Waals surface area contributed by atoms with Crippen LogP contribution >= 0.6 is 28.3 Å². The molecule has 0 aliphatic carbocycles. The molecule has 0 saturated carbocycles. The van der Waals surface area contributed by atoms with Crippen LogP contribution in [0.5, 0.6) is 0 Å². The van der Waals surface area contributed by atoms with Crippen molar-refractivity contribution >= 4 is 28.3 Å². The Balaban J connectivity index is 0.00000196. The van der Waals surface area contributed by atoms with Crippen molar-refractivity contribution < 1.29 is 0 Å². The zero-order valence-electron chi connectivity index (χ0n) is 9.11. The number of rotatable bonds is 4. The van der Waals surface area contributed by atoms with Crippen molar-refractivity contribution in [1.29, 1.82) is 0 Å². The Morgan fingerprint density at radius 2 is 2.00 bits per heavy atom. The van der Waals surface area contributed by atoms with Gasteiger partial charge in [-0.15, -0.1) is 12.4 Å². The summed E-state index contributed by atoms with van der Waals surface area (Å²) >= 11 is 3.53. The third-order valence-electron chi connectivity index (χ3n) is 2.00. The van der Waals surface area contributed by atoms with E-state index in [-0.39, 0.29) is 18.4 Å². The van der Waals surface area contributed by atoms with Crippen molar-refractivity contribution in [2.75, 3.05) is 13.6 Å². The molecule has 0 fully saturated rings. The van der Waals surface area contributed by atoms with Crippen molar-refractivity contribution in [3.63, 3.8) is 0 Å². The number of hydrogen-bond acceptors (Lipinski definition) is 2. The lowest BCUT2D eigenvalue weighted by Crippen LogP contribution is -2.32. The summed E-state index contributed by atoms with van der Waals surface area (Å²) in [6.45, 7) is 3.88. The molecule has 86 valence electrons. The van der Waals surface area contributed by atoms with E-state index < -0.39 is 0 Å². The highest BCUT2D eigenvalue weighted by atomic mass is 79.9. The van der Waals surface area contributed by atoms with E-state index in [2.05, 4.69) is 46.1 Å². The minimum Gasteiger partial charge on any atom is -0.327 e. The second-order valence-corrected chi connectivity index (χ2v) is 4.62. The van der Waals surface area contributed by atoms with Crippen LogP contribution in [0.3, 0.4) is 0 Å². The molecule has 1 aromatic carbocycles. The molecule has 0 radical (unpaired) electrons. The molecule has 2 N–H and O–H groups in total. The molecule has 0 amide bonds. The number of nitrogens with two attached hydrogens (primary N) is 1. The van der Waals surface area contributed by atoms with E-state index in [9.17, 15) is 0 Å². The van der Waals surface area contributed by atoms with Gasteiger partial charge in [-0.1, -0.05) is 34.1 Å². The Hall–Kier alpha value is -0.0900. The molecule has 0 aromatic heterocycles. The standard InChI is InChI=1S/C11H17BrN2.ClH/c1-9(13)7-14(2)8-10-5-3-4-6-11(10)12;/h3-6,9H,7-8,13H2,1-2H3;1H. The van der Waals surface area contributed by atoms with Gasteiger partial charge in [0, 0.05) is 23.6 Å². The highest BCUT2D eigenvalue weighted by molar-refractivity contribution is 9.10. The molecule has 0 bridgehead atoms. The largest absolute Gasteiger partial charge is 0.327 e. The Labute approximate surface area is 106 Å². The summed E-state index contributed by atoms with van der Waals surface area (Å²) in [5.74, 6) is 0. The Morgan fingerprint density at radius 1 is 1.40 bits per heavy atom. The minimum atomic E-state index is 0. The van der Waals surface area contributed by atoms with Gasteiger partial charge in [0.25, 0.3) is 0 Å². The quantitative estimate of drug-likeness (QED) is 0.925. The van der Waals surface area contributed by atoms with Gasteiger partial charge in [-0.05, 0) is 25.6 Å². The lowest BCUT2D eigenvalue weighted by atomic mass is 10.2. The predicted molar refractivity (Wildman–Crippen MR) is 71.4 cm³/mol. The average molecular weight is 294 g/mol. The number of benzene rings is 1. The van der Waals surface area contributed by atoms with Crippen LogP contribution in [0.1, 0.15) is 12.5 Å². The number of nitrogens with zero attached hydrogens (tertiary/aromatic N) is 1. The van der Waals surface area contributed by atoms with Crippen LogP contribution in [0.25, 0.3) is 0 Å². The third-order valence-corrected chi connectivity index (χ3v) is 2.77. The Bertz CT molecular complexity index is 292. The summed E-state index contributed by atoms with van der Waals surface area (Å²) in [7, 11) is 2.09. The first-order valence-electron chi connectivity index (χ1n) is 4.77. The van der Waals surface area contributed by atoms with Gasteiger partial charge in [0.15, 0.2) is 0 Å². The van der Waals surface area contributed by atoms with Crippen LogP contribution in [0.2, 0.25) is 0 Å². The zero-order chi connectivity index (χ0) is 10.6. The van der Waals surface area contributed by atoms with E-state index in [0.29, 0.717) is 0 Å². The first kappa shape index (κ1) is 14.9. The molecule has 0 saturated heterocycles. The monoisotopic (exact) mass is 292 g/mol. The molecule has 1 aromatic rings. The summed E-state index contributed by atoms with van der Waals surface area (Å²) in [6, 6.07) is 8.50.